The highest BCUT2D eigenvalue weighted by Crippen LogP contribution is 2.16. The molecule has 0 unspecified atom stereocenters. The molecule has 0 aliphatic rings. The number of nitrogens with zero attached hydrogens (tertiary/aromatic N) is 3. The third-order valence-corrected chi connectivity index (χ3v) is 4.66. The van der Waals surface area contributed by atoms with Gasteiger partial charge in [-0.1, -0.05) is 60.1 Å². The molecule has 0 fully saturated rings. The predicted molar refractivity (Wildman–Crippen MR) is 136 cm³/mol. The van der Waals surface area contributed by atoms with E-state index in [2.05, 4.69) is 72.4 Å². The van der Waals surface area contributed by atoms with Crippen LogP contribution in [0, 0.1) is 17.2 Å². The Bertz CT molecular complexity index is 795. The summed E-state index contributed by atoms with van der Waals surface area (Å²) in [5.41, 5.74) is 1.13. The predicted octanol–water partition coefficient (Wildman–Crippen LogP) is 5.71. The first-order valence-electron chi connectivity index (χ1n) is 12.0. The number of unbranched alkanes of at least 4 members (excludes halogenated alkanes) is 1. The first-order valence-corrected chi connectivity index (χ1v) is 12.0. The van der Waals surface area contributed by atoms with E-state index < -0.39 is 0 Å². The van der Waals surface area contributed by atoms with Crippen molar-refractivity contribution < 1.29 is 9.50 Å². The molecule has 0 amide bonds. The molecule has 33 heavy (non-hydrogen) atoms. The number of halogens is 1. The summed E-state index contributed by atoms with van der Waals surface area (Å²) in [6, 6.07) is 6.48. The average Bonchev–Trinajstić information content (AvgIpc) is 2.72. The van der Waals surface area contributed by atoms with Gasteiger partial charge in [-0.2, -0.15) is 15.0 Å². The Morgan fingerprint density at radius 3 is 2.06 bits per heavy atom. The molecule has 8 heteroatoms. The van der Waals surface area contributed by atoms with E-state index >= 15 is 0 Å². The monoisotopic (exact) mass is 462 g/mol. The normalized spacial score (nSPS) is 11.1. The lowest BCUT2D eigenvalue weighted by Gasteiger charge is -2.14. The highest BCUT2D eigenvalue weighted by atomic mass is 19.1. The zero-order valence-corrected chi connectivity index (χ0v) is 21.2. The van der Waals surface area contributed by atoms with Gasteiger partial charge in [0.05, 0.1) is 0 Å². The third-order valence-electron chi connectivity index (χ3n) is 4.66. The number of rotatable bonds is 12. The number of aliphatic hydroxyl groups excluding tert-OH is 1. The number of nitrogens with one attached hydrogen (secondary N) is 3. The molecule has 4 N–H and O–H groups in total. The zero-order valence-electron chi connectivity index (χ0n) is 21.2. The SMILES string of the molecule is CC(C)(C)CCO.CCCCNc1nc(NCCC(C)C)nc(NCc2cccc(F)c2)n1. The van der Waals surface area contributed by atoms with Gasteiger partial charge in [0.2, 0.25) is 17.8 Å². The van der Waals surface area contributed by atoms with E-state index in [0.717, 1.165) is 44.3 Å². The van der Waals surface area contributed by atoms with Crippen molar-refractivity contribution in [3.8, 4) is 0 Å². The summed E-state index contributed by atoms with van der Waals surface area (Å²) in [5, 5.41) is 18.0. The van der Waals surface area contributed by atoms with E-state index in [1.807, 2.05) is 6.07 Å². The molecular weight excluding hydrogens is 419 g/mol. The van der Waals surface area contributed by atoms with Crippen molar-refractivity contribution in [3.63, 3.8) is 0 Å². The van der Waals surface area contributed by atoms with Crippen molar-refractivity contribution in [2.24, 2.45) is 11.3 Å². The number of benzene rings is 1. The second-order valence-corrected chi connectivity index (χ2v) is 9.71. The summed E-state index contributed by atoms with van der Waals surface area (Å²) in [7, 11) is 0. The van der Waals surface area contributed by atoms with Crippen molar-refractivity contribution in [3.05, 3.63) is 35.6 Å². The Morgan fingerprint density at radius 1 is 0.970 bits per heavy atom. The quantitative estimate of drug-likeness (QED) is 0.300. The van der Waals surface area contributed by atoms with Gasteiger partial charge in [-0.3, -0.25) is 0 Å². The van der Waals surface area contributed by atoms with Crippen molar-refractivity contribution in [2.75, 3.05) is 35.6 Å². The molecule has 2 rings (SSSR count). The minimum Gasteiger partial charge on any atom is -0.396 e. The van der Waals surface area contributed by atoms with Gasteiger partial charge in [0.25, 0.3) is 0 Å². The van der Waals surface area contributed by atoms with Gasteiger partial charge >= 0.3 is 0 Å². The molecule has 0 spiro atoms. The van der Waals surface area contributed by atoms with Crippen LogP contribution in [0.3, 0.4) is 0 Å². The first kappa shape index (κ1) is 28.6. The van der Waals surface area contributed by atoms with Crippen molar-refractivity contribution in [1.82, 2.24) is 15.0 Å². The van der Waals surface area contributed by atoms with E-state index in [1.165, 1.54) is 12.1 Å². The summed E-state index contributed by atoms with van der Waals surface area (Å²) in [4.78, 5) is 13.3. The lowest BCUT2D eigenvalue weighted by molar-refractivity contribution is 0.225. The van der Waals surface area contributed by atoms with Gasteiger partial charge in [0.1, 0.15) is 5.82 Å². The second kappa shape index (κ2) is 15.4. The maximum atomic E-state index is 13.3. The van der Waals surface area contributed by atoms with E-state index in [4.69, 9.17) is 5.11 Å². The van der Waals surface area contributed by atoms with Gasteiger partial charge in [0, 0.05) is 26.2 Å². The molecule has 0 saturated heterocycles. The number of hydrogen-bond acceptors (Lipinski definition) is 7. The summed E-state index contributed by atoms with van der Waals surface area (Å²) in [6.45, 7) is 15.2. The summed E-state index contributed by atoms with van der Waals surface area (Å²) >= 11 is 0. The fraction of sp³-hybridized carbons (Fsp3) is 0.640. The van der Waals surface area contributed by atoms with E-state index in [0.29, 0.717) is 42.3 Å². The smallest absolute Gasteiger partial charge is 0.229 e. The molecule has 0 aliphatic heterocycles. The Labute approximate surface area is 199 Å². The molecule has 7 nitrogen and oxygen atoms in total. The molecule has 2 aromatic rings. The molecule has 186 valence electrons. The Kier molecular flexibility index (Phi) is 13.3. The van der Waals surface area contributed by atoms with Gasteiger partial charge in [-0.15, -0.1) is 0 Å². The fourth-order valence-corrected chi connectivity index (χ4v) is 2.63. The van der Waals surface area contributed by atoms with Crippen LogP contribution in [0.5, 0.6) is 0 Å². The van der Waals surface area contributed by atoms with Crippen LogP contribution in [0.15, 0.2) is 24.3 Å². The average molecular weight is 463 g/mol. The molecule has 0 saturated carbocycles. The summed E-state index contributed by atoms with van der Waals surface area (Å²) in [6.07, 6.45) is 4.08. The minimum absolute atomic E-state index is 0.252. The first-order chi connectivity index (χ1) is 15.6. The largest absolute Gasteiger partial charge is 0.396 e. The van der Waals surface area contributed by atoms with Gasteiger partial charge in [-0.25, -0.2) is 4.39 Å². The molecule has 1 aromatic carbocycles. The van der Waals surface area contributed by atoms with Crippen LogP contribution < -0.4 is 16.0 Å². The van der Waals surface area contributed by atoms with Crippen LogP contribution in [0.4, 0.5) is 22.2 Å². The Hall–Kier alpha value is -2.48. The fourth-order valence-electron chi connectivity index (χ4n) is 2.63. The van der Waals surface area contributed by atoms with Crippen LogP contribution >= 0.6 is 0 Å². The molecule has 0 atom stereocenters. The maximum absolute atomic E-state index is 13.3. The highest BCUT2D eigenvalue weighted by Gasteiger charge is 2.08. The molecule has 1 aromatic heterocycles. The minimum atomic E-state index is -0.252. The second-order valence-electron chi connectivity index (χ2n) is 9.71. The summed E-state index contributed by atoms with van der Waals surface area (Å²) in [5.74, 6) is 1.91. The summed E-state index contributed by atoms with van der Waals surface area (Å²) < 4.78 is 13.3. The maximum Gasteiger partial charge on any atom is 0.229 e. The molecular formula is C25H43FN6O. The van der Waals surface area contributed by atoms with E-state index in [1.54, 1.807) is 6.07 Å². The van der Waals surface area contributed by atoms with Crippen molar-refractivity contribution in [1.29, 1.82) is 0 Å². The topological polar surface area (TPSA) is 95.0 Å². The number of anilines is 3. The van der Waals surface area contributed by atoms with Crippen LogP contribution in [-0.4, -0.2) is 39.8 Å². The molecule has 0 aliphatic carbocycles. The number of aromatic nitrogens is 3. The number of hydrogen-bond donors (Lipinski definition) is 4. The van der Waals surface area contributed by atoms with Crippen molar-refractivity contribution in [2.45, 2.75) is 73.8 Å². The third kappa shape index (κ3) is 14.3. The van der Waals surface area contributed by atoms with Gasteiger partial charge in [-0.05, 0) is 48.3 Å². The standard InChI is InChI=1S/C19H29FN6.C6H14O/c1-4-5-10-21-17-24-18(22-11-9-14(2)3)26-19(25-17)23-13-15-7-6-8-16(20)12-15;1-6(2,3)4-5-7/h6-8,12,14H,4-5,9-11,13H2,1-3H3,(H3,21,22,23,24,25,26);7H,4-5H2,1-3H3. The zero-order chi connectivity index (χ0) is 24.7. The van der Waals surface area contributed by atoms with Crippen LogP contribution in [0.1, 0.15) is 72.8 Å². The van der Waals surface area contributed by atoms with Crippen LogP contribution in [0.2, 0.25) is 0 Å². The van der Waals surface area contributed by atoms with Gasteiger partial charge < -0.3 is 21.1 Å². The van der Waals surface area contributed by atoms with Crippen LogP contribution in [-0.2, 0) is 6.54 Å². The van der Waals surface area contributed by atoms with Crippen LogP contribution in [0.25, 0.3) is 0 Å². The molecule has 1 heterocycles. The van der Waals surface area contributed by atoms with Crippen molar-refractivity contribution >= 4 is 17.8 Å². The molecule has 0 bridgehead atoms. The Balaban J connectivity index is 0.000000675. The lowest BCUT2D eigenvalue weighted by Crippen LogP contribution is -2.14. The van der Waals surface area contributed by atoms with Gasteiger partial charge in [0.15, 0.2) is 0 Å². The Morgan fingerprint density at radius 2 is 1.58 bits per heavy atom. The molecule has 0 radical (unpaired) electrons. The van der Waals surface area contributed by atoms with E-state index in [9.17, 15) is 4.39 Å². The van der Waals surface area contributed by atoms with E-state index in [-0.39, 0.29) is 5.82 Å². The highest BCUT2D eigenvalue weighted by molar-refractivity contribution is 5.42. The number of aliphatic hydroxyl groups is 1. The lowest BCUT2D eigenvalue weighted by atomic mass is 9.93.